The first-order valence-corrected chi connectivity index (χ1v) is 6.35. The van der Waals surface area contributed by atoms with Gasteiger partial charge in [-0.25, -0.2) is 0 Å². The van der Waals surface area contributed by atoms with Crippen molar-refractivity contribution in [3.63, 3.8) is 0 Å². The molecule has 0 bridgehead atoms. The van der Waals surface area contributed by atoms with Gasteiger partial charge in [-0.1, -0.05) is 0 Å². The van der Waals surface area contributed by atoms with E-state index < -0.39 is 5.69 Å². The molecule has 0 saturated heterocycles. The first-order valence-electron chi connectivity index (χ1n) is 0.932. The molecule has 0 radical (unpaired) electrons. The Morgan fingerprint density at radius 1 is 1.43 bits per heavy atom. The van der Waals surface area contributed by atoms with Crippen LogP contribution in [0.1, 0.15) is 0 Å². The summed E-state index contributed by atoms with van der Waals surface area (Å²) < 4.78 is 17.7. The Hall–Kier alpha value is 1.33. The van der Waals surface area contributed by atoms with Crippen LogP contribution in [0.15, 0.2) is 0 Å². The predicted octanol–water partition coefficient (Wildman–Crippen LogP) is -0.495. The van der Waals surface area contributed by atoms with Crippen molar-refractivity contribution in [3.05, 3.63) is 0 Å². The van der Waals surface area contributed by atoms with Crippen LogP contribution in [-0.2, 0) is 47.0 Å². The van der Waals surface area contributed by atoms with Gasteiger partial charge in [-0.3, -0.25) is 0 Å². The van der Waals surface area contributed by atoms with Crippen LogP contribution in [0.4, 0.5) is 0 Å². The fourth-order valence-electron chi connectivity index (χ4n) is 0. The zero-order chi connectivity index (χ0) is 6.50. The van der Waals surface area contributed by atoms with Gasteiger partial charge in [0.25, 0.3) is 0 Å². The predicted molar refractivity (Wildman–Crippen MR) is 12.7 cm³/mol. The van der Waals surface area contributed by atoms with Gasteiger partial charge in [-0.15, -0.1) is 0 Å². The summed E-state index contributed by atoms with van der Waals surface area (Å²) in [6.45, 7) is 0. The summed E-state index contributed by atoms with van der Waals surface area (Å²) in [7, 11) is 0. The van der Waals surface area contributed by atoms with Gasteiger partial charge in [0, 0.05) is 0 Å². The van der Waals surface area contributed by atoms with E-state index in [1.54, 1.807) is 0 Å². The SMILES string of the molecule is O=[P](O)(O)[Mo].[O]=[W]. The Morgan fingerprint density at radius 2 is 1.43 bits per heavy atom. The van der Waals surface area contributed by atoms with Crippen LogP contribution in [0.25, 0.3) is 0 Å². The fraction of sp³-hybridized carbons (Fsp3) is 0. The third-order valence-corrected chi connectivity index (χ3v) is 0. The van der Waals surface area contributed by atoms with Crippen molar-refractivity contribution in [2.75, 3.05) is 0 Å². The Kier molecular flexibility index (Phi) is 8.72. The maximum absolute atomic E-state index is 9.33. The van der Waals surface area contributed by atoms with E-state index in [4.69, 9.17) is 13.2 Å². The van der Waals surface area contributed by atoms with Crippen molar-refractivity contribution in [1.29, 1.82) is 0 Å². The molecule has 0 heterocycles. The maximum atomic E-state index is 9.33. The van der Waals surface area contributed by atoms with Gasteiger partial charge in [-0.2, -0.15) is 0 Å². The molecule has 0 fully saturated rings. The van der Waals surface area contributed by atoms with Crippen LogP contribution in [-0.4, -0.2) is 9.79 Å². The van der Waals surface area contributed by atoms with Crippen LogP contribution in [0.5, 0.6) is 0 Å². The van der Waals surface area contributed by atoms with Gasteiger partial charge in [0.15, 0.2) is 0 Å². The summed E-state index contributed by atoms with van der Waals surface area (Å²) in [5.74, 6) is 0. The van der Waals surface area contributed by atoms with Crippen LogP contribution < -0.4 is 0 Å². The minimum absolute atomic E-state index is 0.333. The second-order valence-electron chi connectivity index (χ2n) is 0.491. The standard InChI is InChI=1S/Mo.HO3P.O.W/c;1-4(2)3;;/h;(H-,1,2,3);;/q-1;;;/p+1. The number of rotatable bonds is 0. The van der Waals surface area contributed by atoms with Crippen LogP contribution in [0, 0.1) is 0 Å². The Labute approximate surface area is 62.4 Å². The molecular weight excluding hydrogens is 375 g/mol. The molecule has 0 aliphatic rings. The second-order valence-corrected chi connectivity index (χ2v) is 4.98. The van der Waals surface area contributed by atoms with Gasteiger partial charge < -0.3 is 0 Å². The molecule has 0 aromatic carbocycles. The summed E-state index contributed by atoms with van der Waals surface area (Å²) in [5, 5.41) is 0. The number of hydrogen-bond donors (Lipinski definition) is 2. The first-order chi connectivity index (χ1) is 3.00. The zero-order valence-electron chi connectivity index (χ0n) is 2.97. The Morgan fingerprint density at radius 3 is 1.43 bits per heavy atom. The normalized spacial score (nSPS) is 8.86. The van der Waals surface area contributed by atoms with Crippen molar-refractivity contribution in [3.8, 4) is 0 Å². The average molecular weight is 377 g/mol. The molecule has 0 unspecified atom stereocenters. The van der Waals surface area contributed by atoms with Crippen molar-refractivity contribution < 1.29 is 56.8 Å². The molecule has 0 atom stereocenters. The minimum atomic E-state index is -3.63. The molecule has 7 heavy (non-hydrogen) atoms. The molecule has 0 amide bonds. The van der Waals surface area contributed by atoms with E-state index in [2.05, 4.69) is 0 Å². The molecule has 0 rings (SSSR count). The van der Waals surface area contributed by atoms with Crippen molar-refractivity contribution in [2.24, 2.45) is 0 Å². The van der Waals surface area contributed by atoms with E-state index >= 15 is 0 Å². The van der Waals surface area contributed by atoms with Crippen molar-refractivity contribution in [2.45, 2.75) is 0 Å². The molecule has 43 valence electrons. The van der Waals surface area contributed by atoms with Crippen molar-refractivity contribution >= 4 is 5.69 Å². The Balaban J connectivity index is 0. The molecule has 0 aromatic heterocycles. The van der Waals surface area contributed by atoms with E-state index in [-0.39, 0.29) is 0 Å². The van der Waals surface area contributed by atoms with Crippen molar-refractivity contribution in [1.82, 2.24) is 0 Å². The van der Waals surface area contributed by atoms with Gasteiger partial charge >= 0.3 is 62.5 Å². The molecule has 2 N–H and O–H groups in total. The average Bonchev–Trinajstić information content (AvgIpc) is 1.36. The third kappa shape index (κ3) is 118. The van der Waals surface area contributed by atoms with Crippen LogP contribution in [0.2, 0.25) is 0 Å². The Bertz CT molecular complexity index is 67.5. The summed E-state index contributed by atoms with van der Waals surface area (Å²) in [5.41, 5.74) is -3.63. The molecule has 4 nitrogen and oxygen atoms in total. The molecule has 7 heteroatoms. The van der Waals surface area contributed by atoms with E-state index in [1.165, 1.54) is 0 Å². The quantitative estimate of drug-likeness (QED) is 0.442. The molecule has 0 aromatic rings. The fourth-order valence-corrected chi connectivity index (χ4v) is 0. The molecule has 0 saturated carbocycles. The molecular formula is H2MoO4PW. The van der Waals surface area contributed by atoms with Gasteiger partial charge in [0.2, 0.25) is 0 Å². The monoisotopic (exact) mass is 379 g/mol. The van der Waals surface area contributed by atoms with Gasteiger partial charge in [0.1, 0.15) is 0 Å². The molecule has 0 spiro atoms. The summed E-state index contributed by atoms with van der Waals surface area (Å²) in [6, 6.07) is 0. The topological polar surface area (TPSA) is 74.6 Å². The summed E-state index contributed by atoms with van der Waals surface area (Å²) in [6.07, 6.45) is 0. The van der Waals surface area contributed by atoms with Crippen LogP contribution in [0.3, 0.4) is 0 Å². The summed E-state index contributed by atoms with van der Waals surface area (Å²) in [4.78, 5) is 15.3. The van der Waals surface area contributed by atoms with E-state index in [0.29, 0.717) is 19.8 Å². The van der Waals surface area contributed by atoms with Gasteiger partial charge in [0.05, 0.1) is 0 Å². The second kappa shape index (κ2) is 5.46. The molecule has 0 aliphatic heterocycles. The van der Waals surface area contributed by atoms with Crippen LogP contribution >= 0.6 is 5.69 Å². The zero-order valence-corrected chi connectivity index (χ0v) is 8.81. The van der Waals surface area contributed by atoms with Gasteiger partial charge in [-0.05, 0) is 0 Å². The summed E-state index contributed by atoms with van der Waals surface area (Å²) >= 11 is 1.12. The van der Waals surface area contributed by atoms with E-state index in [9.17, 15) is 4.57 Å². The first kappa shape index (κ1) is 11.2. The third-order valence-electron chi connectivity index (χ3n) is 0. The van der Waals surface area contributed by atoms with E-state index in [0.717, 1.165) is 19.3 Å². The van der Waals surface area contributed by atoms with E-state index in [1.807, 2.05) is 0 Å². The number of hydrogen-bond acceptors (Lipinski definition) is 2. The molecule has 0 aliphatic carbocycles.